The maximum absolute atomic E-state index is 5.35. The highest BCUT2D eigenvalue weighted by Crippen LogP contribution is 2.19. The summed E-state index contributed by atoms with van der Waals surface area (Å²) in [6.45, 7) is 0. The molecule has 0 saturated carbocycles. The number of rotatable bonds is 1. The van der Waals surface area contributed by atoms with Crippen LogP contribution in [0.5, 0.6) is 0 Å². The van der Waals surface area contributed by atoms with Gasteiger partial charge in [0.25, 0.3) is 0 Å². The van der Waals surface area contributed by atoms with Gasteiger partial charge < -0.3 is 10.3 Å². The van der Waals surface area contributed by atoms with E-state index < -0.39 is 0 Å². The van der Waals surface area contributed by atoms with Crippen LogP contribution in [0.15, 0.2) is 15.3 Å². The molecule has 0 bridgehead atoms. The summed E-state index contributed by atoms with van der Waals surface area (Å²) in [5.74, 6) is 0.493. The molecule has 56 valence electrons. The third-order valence-corrected chi connectivity index (χ3v) is 1.11. The van der Waals surface area contributed by atoms with Crippen LogP contribution in [0.1, 0.15) is 0 Å². The molecule has 2 aromatic rings. The van der Waals surface area contributed by atoms with Gasteiger partial charge in [0.2, 0.25) is 5.76 Å². The minimum atomic E-state index is 0.156. The van der Waals surface area contributed by atoms with E-state index >= 15 is 0 Å². The molecule has 2 N–H and O–H groups in total. The van der Waals surface area contributed by atoms with Crippen LogP contribution in [0.2, 0.25) is 0 Å². The number of nitrogen functional groups attached to an aromatic ring is 1. The van der Waals surface area contributed by atoms with Crippen LogP contribution >= 0.6 is 0 Å². The van der Waals surface area contributed by atoms with Gasteiger partial charge in [-0.25, -0.2) is 4.63 Å². The summed E-state index contributed by atoms with van der Waals surface area (Å²) in [6, 6.07) is 0. The lowest BCUT2D eigenvalue weighted by molar-refractivity contribution is 0.308. The molecule has 0 fully saturated rings. The lowest BCUT2D eigenvalue weighted by atomic mass is 10.4. The summed E-state index contributed by atoms with van der Waals surface area (Å²) >= 11 is 0. The first-order chi connectivity index (χ1) is 5.38. The molecule has 0 aromatic carbocycles. The normalized spacial score (nSPS) is 10.2. The van der Waals surface area contributed by atoms with E-state index in [4.69, 9.17) is 5.73 Å². The first kappa shape index (κ1) is 5.83. The minimum Gasteiger partial charge on any atom is -0.379 e. The van der Waals surface area contributed by atoms with Gasteiger partial charge in [0.15, 0.2) is 11.5 Å². The van der Waals surface area contributed by atoms with Crippen LogP contribution in [0.25, 0.3) is 11.5 Å². The molecule has 0 aliphatic rings. The molecule has 0 aliphatic heterocycles. The van der Waals surface area contributed by atoms with Gasteiger partial charge in [0.05, 0.1) is 0 Å². The van der Waals surface area contributed by atoms with Gasteiger partial charge in [0.1, 0.15) is 6.20 Å². The van der Waals surface area contributed by atoms with Crippen molar-refractivity contribution in [3.63, 3.8) is 0 Å². The monoisotopic (exact) mass is 153 g/mol. The topological polar surface area (TPSA) is 104 Å². The lowest BCUT2D eigenvalue weighted by Gasteiger charge is -1.81. The van der Waals surface area contributed by atoms with Gasteiger partial charge in [0, 0.05) is 5.27 Å². The smallest absolute Gasteiger partial charge is 0.213 e. The molecule has 0 radical (unpaired) electrons. The molecule has 2 heterocycles. The lowest BCUT2D eigenvalue weighted by Crippen LogP contribution is -1.86. The van der Waals surface area contributed by atoms with E-state index in [9.17, 15) is 0 Å². The SMILES string of the molecule is Nc1nonc1-c1cnno1. The average Bonchev–Trinajstić information content (AvgIpc) is 2.55. The fraction of sp³-hybridized carbons (Fsp3) is 0. The highest BCUT2D eigenvalue weighted by atomic mass is 16.6. The Morgan fingerprint density at radius 2 is 2.27 bits per heavy atom. The Kier molecular flexibility index (Phi) is 1.08. The molecule has 0 saturated heterocycles. The zero-order valence-corrected chi connectivity index (χ0v) is 5.26. The maximum Gasteiger partial charge on any atom is 0.213 e. The van der Waals surface area contributed by atoms with E-state index in [0.717, 1.165) is 0 Å². The van der Waals surface area contributed by atoms with Crippen molar-refractivity contribution in [2.75, 3.05) is 5.73 Å². The van der Waals surface area contributed by atoms with Crippen molar-refractivity contribution in [1.82, 2.24) is 20.7 Å². The molecule has 0 aliphatic carbocycles. The van der Waals surface area contributed by atoms with Crippen LogP contribution in [0, 0.1) is 0 Å². The number of anilines is 1. The van der Waals surface area contributed by atoms with E-state index in [-0.39, 0.29) is 5.82 Å². The molecule has 11 heavy (non-hydrogen) atoms. The average molecular weight is 153 g/mol. The quantitative estimate of drug-likeness (QED) is 0.599. The fourth-order valence-corrected chi connectivity index (χ4v) is 0.638. The highest BCUT2D eigenvalue weighted by Gasteiger charge is 2.12. The van der Waals surface area contributed by atoms with Gasteiger partial charge in [-0.15, -0.1) is 5.10 Å². The molecule has 0 unspecified atom stereocenters. The Morgan fingerprint density at radius 3 is 2.82 bits per heavy atom. The van der Waals surface area contributed by atoms with Crippen LogP contribution in [-0.2, 0) is 0 Å². The molecular formula is C4H3N5O2. The number of nitrogens with zero attached hydrogens (tertiary/aromatic N) is 4. The van der Waals surface area contributed by atoms with Crippen molar-refractivity contribution in [2.24, 2.45) is 0 Å². The van der Waals surface area contributed by atoms with E-state index in [1.807, 2.05) is 0 Å². The Bertz CT molecular complexity index is 339. The summed E-state index contributed by atoms with van der Waals surface area (Å²) in [5, 5.41) is 13.5. The van der Waals surface area contributed by atoms with Gasteiger partial charge in [-0.3, -0.25) is 0 Å². The highest BCUT2D eigenvalue weighted by molar-refractivity contribution is 5.62. The number of aromatic nitrogens is 4. The fourth-order valence-electron chi connectivity index (χ4n) is 0.638. The van der Waals surface area contributed by atoms with Gasteiger partial charge in [-0.1, -0.05) is 0 Å². The van der Waals surface area contributed by atoms with Crippen LogP contribution in [0.4, 0.5) is 5.82 Å². The molecule has 0 amide bonds. The van der Waals surface area contributed by atoms with Crippen LogP contribution < -0.4 is 5.73 Å². The molecule has 2 aromatic heterocycles. The Hall–Kier alpha value is -1.92. The second kappa shape index (κ2) is 2.04. The van der Waals surface area contributed by atoms with Crippen molar-refractivity contribution < 1.29 is 9.15 Å². The predicted octanol–water partition coefficient (Wildman–Crippen LogP) is -0.298. The number of hydrogen-bond acceptors (Lipinski definition) is 7. The molecule has 2 rings (SSSR count). The van der Waals surface area contributed by atoms with E-state index in [1.54, 1.807) is 0 Å². The van der Waals surface area contributed by atoms with Crippen molar-refractivity contribution in [3.05, 3.63) is 6.20 Å². The first-order valence-electron chi connectivity index (χ1n) is 2.73. The maximum atomic E-state index is 5.35. The molecule has 0 atom stereocenters. The van der Waals surface area contributed by atoms with E-state index in [0.29, 0.717) is 11.5 Å². The molecule has 7 heteroatoms. The number of hydrogen-bond donors (Lipinski definition) is 1. The Balaban J connectivity index is 2.53. The summed E-state index contributed by atoms with van der Waals surface area (Å²) in [4.78, 5) is 0. The minimum absolute atomic E-state index is 0.156. The standard InChI is InChI=1S/C4H3N5O2/c5-4-3(7-11-8-4)2-1-6-9-10-2/h1H,(H2,5,8). The molecule has 7 nitrogen and oxygen atoms in total. The summed E-state index contributed by atoms with van der Waals surface area (Å²) in [5.41, 5.74) is 5.66. The predicted molar refractivity (Wildman–Crippen MR) is 32.0 cm³/mol. The van der Waals surface area contributed by atoms with E-state index in [1.165, 1.54) is 6.20 Å². The molecule has 0 spiro atoms. The van der Waals surface area contributed by atoms with Crippen molar-refractivity contribution in [3.8, 4) is 11.5 Å². The Labute approximate surface area is 60.1 Å². The summed E-state index contributed by atoms with van der Waals surface area (Å²) < 4.78 is 8.98. The van der Waals surface area contributed by atoms with Crippen molar-refractivity contribution in [2.45, 2.75) is 0 Å². The van der Waals surface area contributed by atoms with E-state index in [2.05, 4.69) is 29.8 Å². The first-order valence-corrected chi connectivity index (χ1v) is 2.73. The van der Waals surface area contributed by atoms with Crippen molar-refractivity contribution >= 4 is 5.82 Å². The van der Waals surface area contributed by atoms with Crippen molar-refractivity contribution in [1.29, 1.82) is 0 Å². The second-order valence-corrected chi connectivity index (χ2v) is 1.78. The van der Waals surface area contributed by atoms with Crippen LogP contribution in [-0.4, -0.2) is 20.7 Å². The second-order valence-electron chi connectivity index (χ2n) is 1.78. The zero-order valence-electron chi connectivity index (χ0n) is 5.26. The largest absolute Gasteiger partial charge is 0.379 e. The number of nitrogens with two attached hydrogens (primary N) is 1. The Morgan fingerprint density at radius 1 is 1.36 bits per heavy atom. The van der Waals surface area contributed by atoms with Gasteiger partial charge >= 0.3 is 0 Å². The van der Waals surface area contributed by atoms with Crippen LogP contribution in [0.3, 0.4) is 0 Å². The zero-order chi connectivity index (χ0) is 7.68. The third-order valence-electron chi connectivity index (χ3n) is 1.11. The van der Waals surface area contributed by atoms with Gasteiger partial charge in [-0.05, 0) is 10.3 Å². The third kappa shape index (κ3) is 0.820. The summed E-state index contributed by atoms with van der Waals surface area (Å²) in [7, 11) is 0. The molecular weight excluding hydrogens is 150 g/mol. The summed E-state index contributed by atoms with van der Waals surface area (Å²) in [6.07, 6.45) is 1.37. The van der Waals surface area contributed by atoms with Gasteiger partial charge in [-0.2, -0.15) is 0 Å².